The Labute approximate surface area is 184 Å². The van der Waals surface area contributed by atoms with Crippen LogP contribution in [0.1, 0.15) is 12.5 Å². The van der Waals surface area contributed by atoms with Gasteiger partial charge in [-0.05, 0) is 74.0 Å². The molecule has 4 aromatic rings. The Balaban J connectivity index is 1.40. The summed E-state index contributed by atoms with van der Waals surface area (Å²) in [5.74, 6) is 1.22. The molecule has 1 atom stereocenters. The Morgan fingerprint density at radius 3 is 2.26 bits per heavy atom. The number of anilines is 1. The van der Waals surface area contributed by atoms with Crippen molar-refractivity contribution in [2.75, 3.05) is 5.32 Å². The third-order valence-electron chi connectivity index (χ3n) is 4.66. The maximum Gasteiger partial charge on any atom is 0.265 e. The van der Waals surface area contributed by atoms with Crippen LogP contribution >= 0.6 is 11.6 Å². The van der Waals surface area contributed by atoms with Crippen LogP contribution in [0.4, 0.5) is 5.69 Å². The summed E-state index contributed by atoms with van der Waals surface area (Å²) in [5.41, 5.74) is 3.12. The molecule has 0 bridgehead atoms. The Morgan fingerprint density at radius 2 is 1.61 bits per heavy atom. The summed E-state index contributed by atoms with van der Waals surface area (Å²) in [6.45, 7) is 3.58. The van der Waals surface area contributed by atoms with E-state index >= 15 is 0 Å². The summed E-state index contributed by atoms with van der Waals surface area (Å²) in [7, 11) is 0. The molecule has 0 radical (unpaired) electrons. The van der Waals surface area contributed by atoms with Crippen LogP contribution in [0, 0.1) is 6.92 Å². The maximum atomic E-state index is 12.5. The monoisotopic (exact) mass is 433 g/mol. The van der Waals surface area contributed by atoms with Gasteiger partial charge in [-0.25, -0.2) is 0 Å². The molecule has 31 heavy (non-hydrogen) atoms. The minimum Gasteiger partial charge on any atom is -0.481 e. The number of amides is 1. The zero-order chi connectivity index (χ0) is 21.8. The lowest BCUT2D eigenvalue weighted by molar-refractivity contribution is -0.122. The first-order chi connectivity index (χ1) is 15.0. The molecular weight excluding hydrogens is 414 g/mol. The van der Waals surface area contributed by atoms with E-state index in [9.17, 15) is 4.79 Å². The lowest BCUT2D eigenvalue weighted by Crippen LogP contribution is -2.30. The van der Waals surface area contributed by atoms with Crippen LogP contribution in [0.5, 0.6) is 5.75 Å². The van der Waals surface area contributed by atoms with Crippen LogP contribution in [0.25, 0.3) is 22.9 Å². The zero-order valence-corrected chi connectivity index (χ0v) is 17.8. The van der Waals surface area contributed by atoms with E-state index in [0.29, 0.717) is 28.2 Å². The average molecular weight is 434 g/mol. The molecule has 7 heteroatoms. The fourth-order valence-corrected chi connectivity index (χ4v) is 3.19. The van der Waals surface area contributed by atoms with Gasteiger partial charge in [-0.3, -0.25) is 4.79 Å². The van der Waals surface area contributed by atoms with Crippen molar-refractivity contribution in [3.8, 4) is 28.7 Å². The number of benzene rings is 3. The van der Waals surface area contributed by atoms with Gasteiger partial charge in [-0.15, -0.1) is 10.2 Å². The molecule has 156 valence electrons. The molecule has 0 aliphatic heterocycles. The molecule has 1 aromatic heterocycles. The fraction of sp³-hybridized carbons (Fsp3) is 0.125. The molecule has 4 rings (SSSR count). The summed E-state index contributed by atoms with van der Waals surface area (Å²) in [5, 5.41) is 11.7. The molecular formula is C24H20ClN3O3. The van der Waals surface area contributed by atoms with Crippen molar-refractivity contribution in [3.05, 3.63) is 83.4 Å². The average Bonchev–Trinajstić information content (AvgIpc) is 3.27. The number of aromatic nitrogens is 2. The topological polar surface area (TPSA) is 77.2 Å². The number of carbonyl (C=O) groups excluding carboxylic acids is 1. The van der Waals surface area contributed by atoms with Gasteiger partial charge in [0.05, 0.1) is 0 Å². The van der Waals surface area contributed by atoms with E-state index < -0.39 is 6.10 Å². The number of nitrogens with one attached hydrogen (secondary N) is 1. The van der Waals surface area contributed by atoms with Gasteiger partial charge in [0.1, 0.15) is 5.75 Å². The minimum absolute atomic E-state index is 0.258. The highest BCUT2D eigenvalue weighted by atomic mass is 35.5. The van der Waals surface area contributed by atoms with Gasteiger partial charge < -0.3 is 14.5 Å². The first kappa shape index (κ1) is 20.6. The van der Waals surface area contributed by atoms with Gasteiger partial charge in [0, 0.05) is 21.8 Å². The van der Waals surface area contributed by atoms with Gasteiger partial charge in [-0.2, -0.15) is 0 Å². The van der Waals surface area contributed by atoms with Crippen LogP contribution in [0.2, 0.25) is 5.02 Å². The van der Waals surface area contributed by atoms with Gasteiger partial charge in [0.25, 0.3) is 5.91 Å². The summed E-state index contributed by atoms with van der Waals surface area (Å²) >= 11 is 5.96. The predicted octanol–water partition coefficient (Wildman–Crippen LogP) is 5.77. The van der Waals surface area contributed by atoms with Crippen molar-refractivity contribution in [1.29, 1.82) is 0 Å². The molecule has 1 heterocycles. The molecule has 3 aromatic carbocycles. The first-order valence-corrected chi connectivity index (χ1v) is 10.1. The van der Waals surface area contributed by atoms with Crippen LogP contribution in [-0.4, -0.2) is 22.2 Å². The highest BCUT2D eigenvalue weighted by Crippen LogP contribution is 2.25. The molecule has 0 aliphatic rings. The van der Waals surface area contributed by atoms with E-state index in [1.807, 2.05) is 49.4 Å². The standard InChI is InChI=1S/C24H20ClN3O3/c1-15-14-19(25)10-13-21(15)30-16(2)22(29)26-20-11-8-18(9-12-20)24-28-27-23(31-24)17-6-4-3-5-7-17/h3-14,16H,1-2H3,(H,26,29). The van der Waals surface area contributed by atoms with Crippen molar-refractivity contribution in [2.24, 2.45) is 0 Å². The Morgan fingerprint density at radius 1 is 0.968 bits per heavy atom. The van der Waals surface area contributed by atoms with E-state index in [0.717, 1.165) is 16.7 Å². The van der Waals surface area contributed by atoms with Crippen LogP contribution in [-0.2, 0) is 4.79 Å². The van der Waals surface area contributed by atoms with Crippen molar-refractivity contribution >= 4 is 23.2 Å². The molecule has 6 nitrogen and oxygen atoms in total. The summed E-state index contributed by atoms with van der Waals surface area (Å²) in [4.78, 5) is 12.5. The van der Waals surface area contributed by atoms with Crippen molar-refractivity contribution in [1.82, 2.24) is 10.2 Å². The molecule has 0 saturated carbocycles. The van der Waals surface area contributed by atoms with Crippen molar-refractivity contribution < 1.29 is 13.9 Å². The second kappa shape index (κ2) is 9.02. The second-order valence-corrected chi connectivity index (χ2v) is 7.45. The summed E-state index contributed by atoms with van der Waals surface area (Å²) < 4.78 is 11.5. The second-order valence-electron chi connectivity index (χ2n) is 7.01. The van der Waals surface area contributed by atoms with E-state index in [1.54, 1.807) is 37.3 Å². The molecule has 1 N–H and O–H groups in total. The summed E-state index contributed by atoms with van der Waals surface area (Å²) in [6, 6.07) is 22.0. The Kier molecular flexibility index (Phi) is 6.00. The highest BCUT2D eigenvalue weighted by molar-refractivity contribution is 6.30. The van der Waals surface area contributed by atoms with E-state index in [4.69, 9.17) is 20.8 Å². The van der Waals surface area contributed by atoms with Crippen LogP contribution in [0.3, 0.4) is 0 Å². The summed E-state index contributed by atoms with van der Waals surface area (Å²) in [6.07, 6.45) is -0.677. The number of hydrogen-bond acceptors (Lipinski definition) is 5. The molecule has 0 saturated heterocycles. The molecule has 0 fully saturated rings. The lowest BCUT2D eigenvalue weighted by atomic mass is 10.2. The van der Waals surface area contributed by atoms with Gasteiger partial charge in [-0.1, -0.05) is 29.8 Å². The largest absolute Gasteiger partial charge is 0.481 e. The third kappa shape index (κ3) is 4.92. The molecule has 1 unspecified atom stereocenters. The Hall–Kier alpha value is -3.64. The third-order valence-corrected chi connectivity index (χ3v) is 4.89. The van der Waals surface area contributed by atoms with Crippen LogP contribution in [0.15, 0.2) is 77.2 Å². The molecule has 1 amide bonds. The number of rotatable bonds is 6. The predicted molar refractivity (Wildman–Crippen MR) is 120 cm³/mol. The maximum absolute atomic E-state index is 12.5. The number of aryl methyl sites for hydroxylation is 1. The number of ether oxygens (including phenoxy) is 1. The smallest absolute Gasteiger partial charge is 0.265 e. The molecule has 0 aliphatic carbocycles. The Bertz CT molecular complexity index is 1190. The van der Waals surface area contributed by atoms with Gasteiger partial charge in [0.2, 0.25) is 11.8 Å². The van der Waals surface area contributed by atoms with Crippen molar-refractivity contribution in [3.63, 3.8) is 0 Å². The number of nitrogens with zero attached hydrogens (tertiary/aromatic N) is 2. The molecule has 0 spiro atoms. The highest BCUT2D eigenvalue weighted by Gasteiger charge is 2.16. The normalized spacial score (nSPS) is 11.7. The van der Waals surface area contributed by atoms with Crippen molar-refractivity contribution in [2.45, 2.75) is 20.0 Å². The minimum atomic E-state index is -0.677. The number of carbonyl (C=O) groups is 1. The lowest BCUT2D eigenvalue weighted by Gasteiger charge is -2.16. The zero-order valence-electron chi connectivity index (χ0n) is 17.0. The quantitative estimate of drug-likeness (QED) is 0.417. The number of halogens is 1. The van der Waals surface area contributed by atoms with Gasteiger partial charge >= 0.3 is 0 Å². The van der Waals surface area contributed by atoms with Crippen LogP contribution < -0.4 is 10.1 Å². The van der Waals surface area contributed by atoms with E-state index in [-0.39, 0.29) is 5.91 Å². The SMILES string of the molecule is Cc1cc(Cl)ccc1OC(C)C(=O)Nc1ccc(-c2nnc(-c3ccccc3)o2)cc1. The fourth-order valence-electron chi connectivity index (χ4n) is 2.97. The van der Waals surface area contributed by atoms with E-state index in [1.165, 1.54) is 0 Å². The van der Waals surface area contributed by atoms with E-state index in [2.05, 4.69) is 15.5 Å². The first-order valence-electron chi connectivity index (χ1n) is 9.72. The van der Waals surface area contributed by atoms with Gasteiger partial charge in [0.15, 0.2) is 6.10 Å². The number of hydrogen-bond donors (Lipinski definition) is 1.